The van der Waals surface area contributed by atoms with Crippen molar-refractivity contribution in [1.29, 1.82) is 0 Å². The maximum absolute atomic E-state index is 5.79. The van der Waals surface area contributed by atoms with E-state index in [-0.39, 0.29) is 0 Å². The molecule has 2 unspecified atom stereocenters. The van der Waals surface area contributed by atoms with E-state index < -0.39 is 0 Å². The van der Waals surface area contributed by atoms with E-state index in [1.54, 1.807) is 0 Å². The van der Waals surface area contributed by atoms with Crippen LogP contribution in [0.15, 0.2) is 0 Å². The van der Waals surface area contributed by atoms with Gasteiger partial charge < -0.3 is 10.1 Å². The molecule has 0 bridgehead atoms. The minimum Gasteiger partial charge on any atom is -0.377 e. The Hall–Kier alpha value is -0.0800. The molecule has 2 heteroatoms. The Bertz CT molecular complexity index is 125. The highest BCUT2D eigenvalue weighted by atomic mass is 16.5. The van der Waals surface area contributed by atoms with Crippen molar-refractivity contribution in [3.8, 4) is 0 Å². The zero-order chi connectivity index (χ0) is 11.0. The molecule has 0 aromatic heterocycles. The van der Waals surface area contributed by atoms with Gasteiger partial charge in [-0.3, -0.25) is 0 Å². The molecule has 14 heavy (non-hydrogen) atoms. The molecule has 1 N–H and O–H groups in total. The van der Waals surface area contributed by atoms with Crippen LogP contribution in [-0.4, -0.2) is 25.3 Å². The Morgan fingerprint density at radius 1 is 1.14 bits per heavy atom. The summed E-state index contributed by atoms with van der Waals surface area (Å²) >= 11 is 0. The fourth-order valence-corrected chi connectivity index (χ4v) is 1.79. The van der Waals surface area contributed by atoms with E-state index in [0.29, 0.717) is 18.1 Å². The topological polar surface area (TPSA) is 21.3 Å². The summed E-state index contributed by atoms with van der Waals surface area (Å²) in [6.07, 6.45) is 2.69. The first-order chi connectivity index (χ1) is 6.67. The summed E-state index contributed by atoms with van der Waals surface area (Å²) < 4.78 is 5.79. The van der Waals surface area contributed by atoms with Crippen LogP contribution < -0.4 is 5.32 Å². The average molecular weight is 201 g/mol. The quantitative estimate of drug-likeness (QED) is 0.652. The van der Waals surface area contributed by atoms with Crippen LogP contribution in [0.2, 0.25) is 0 Å². The fourth-order valence-electron chi connectivity index (χ4n) is 1.79. The van der Waals surface area contributed by atoms with E-state index in [1.807, 2.05) is 0 Å². The van der Waals surface area contributed by atoms with E-state index in [0.717, 1.165) is 19.6 Å². The first-order valence-corrected chi connectivity index (χ1v) is 6.02. The highest BCUT2D eigenvalue weighted by Gasteiger charge is 2.22. The smallest absolute Gasteiger partial charge is 0.0750 e. The SMILES string of the molecule is CCCNC(CC)C(OCC)C(C)C. The molecule has 0 amide bonds. The van der Waals surface area contributed by atoms with Gasteiger partial charge in [0, 0.05) is 12.6 Å². The lowest BCUT2D eigenvalue weighted by atomic mass is 9.97. The van der Waals surface area contributed by atoms with E-state index in [2.05, 4.69) is 39.9 Å². The van der Waals surface area contributed by atoms with Gasteiger partial charge in [0.25, 0.3) is 0 Å². The summed E-state index contributed by atoms with van der Waals surface area (Å²) in [5, 5.41) is 3.56. The molecule has 0 aliphatic rings. The number of hydrogen-bond acceptors (Lipinski definition) is 2. The number of nitrogens with one attached hydrogen (secondary N) is 1. The van der Waals surface area contributed by atoms with Crippen molar-refractivity contribution in [2.75, 3.05) is 13.2 Å². The molecule has 0 spiro atoms. The molecule has 0 aromatic carbocycles. The van der Waals surface area contributed by atoms with Crippen LogP contribution in [0.1, 0.15) is 47.5 Å². The van der Waals surface area contributed by atoms with Crippen molar-refractivity contribution >= 4 is 0 Å². The van der Waals surface area contributed by atoms with Crippen LogP contribution in [0, 0.1) is 5.92 Å². The third-order valence-corrected chi connectivity index (χ3v) is 2.51. The zero-order valence-electron chi connectivity index (χ0n) is 10.5. The van der Waals surface area contributed by atoms with E-state index in [1.165, 1.54) is 6.42 Å². The Kier molecular flexibility index (Phi) is 8.20. The van der Waals surface area contributed by atoms with Gasteiger partial charge in [0.1, 0.15) is 0 Å². The van der Waals surface area contributed by atoms with Crippen LogP contribution in [-0.2, 0) is 4.74 Å². The molecule has 0 radical (unpaired) electrons. The maximum Gasteiger partial charge on any atom is 0.0750 e. The van der Waals surface area contributed by atoms with Gasteiger partial charge in [-0.25, -0.2) is 0 Å². The predicted octanol–water partition coefficient (Wildman–Crippen LogP) is 2.83. The first-order valence-electron chi connectivity index (χ1n) is 6.02. The molecule has 0 aromatic rings. The summed E-state index contributed by atoms with van der Waals surface area (Å²) in [5.41, 5.74) is 0. The maximum atomic E-state index is 5.79. The first kappa shape index (κ1) is 13.9. The fraction of sp³-hybridized carbons (Fsp3) is 1.00. The molecule has 0 aliphatic heterocycles. The van der Waals surface area contributed by atoms with Gasteiger partial charge in [-0.05, 0) is 32.2 Å². The molecule has 2 atom stereocenters. The molecule has 86 valence electrons. The number of ether oxygens (including phenoxy) is 1. The Morgan fingerprint density at radius 2 is 1.79 bits per heavy atom. The van der Waals surface area contributed by atoms with Gasteiger partial charge in [0.15, 0.2) is 0 Å². The van der Waals surface area contributed by atoms with Gasteiger partial charge in [0.05, 0.1) is 6.10 Å². The molecule has 0 heterocycles. The van der Waals surface area contributed by atoms with Crippen molar-refractivity contribution in [3.63, 3.8) is 0 Å². The Morgan fingerprint density at radius 3 is 2.14 bits per heavy atom. The second-order valence-electron chi connectivity index (χ2n) is 4.13. The van der Waals surface area contributed by atoms with Crippen LogP contribution in [0.25, 0.3) is 0 Å². The van der Waals surface area contributed by atoms with E-state index in [9.17, 15) is 0 Å². The normalized spacial score (nSPS) is 15.9. The molecule has 0 rings (SSSR count). The lowest BCUT2D eigenvalue weighted by Gasteiger charge is -2.30. The summed E-state index contributed by atoms with van der Waals surface area (Å²) in [6, 6.07) is 0.509. The molecule has 2 nitrogen and oxygen atoms in total. The Balaban J connectivity index is 4.11. The minimum atomic E-state index is 0.358. The van der Waals surface area contributed by atoms with Crippen LogP contribution >= 0.6 is 0 Å². The molecular weight excluding hydrogens is 174 g/mol. The average Bonchev–Trinajstić information content (AvgIpc) is 2.17. The third kappa shape index (κ3) is 4.97. The highest BCUT2D eigenvalue weighted by molar-refractivity contribution is 4.78. The van der Waals surface area contributed by atoms with Gasteiger partial charge >= 0.3 is 0 Å². The van der Waals surface area contributed by atoms with Gasteiger partial charge in [-0.2, -0.15) is 0 Å². The minimum absolute atomic E-state index is 0.358. The van der Waals surface area contributed by atoms with Crippen molar-refractivity contribution in [2.24, 2.45) is 5.92 Å². The van der Waals surface area contributed by atoms with Crippen molar-refractivity contribution in [2.45, 2.75) is 59.6 Å². The summed E-state index contributed by atoms with van der Waals surface area (Å²) in [7, 11) is 0. The third-order valence-electron chi connectivity index (χ3n) is 2.51. The van der Waals surface area contributed by atoms with Gasteiger partial charge in [-0.15, -0.1) is 0 Å². The highest BCUT2D eigenvalue weighted by Crippen LogP contribution is 2.13. The summed E-state index contributed by atoms with van der Waals surface area (Å²) in [6.45, 7) is 12.9. The predicted molar refractivity (Wildman–Crippen MR) is 62.6 cm³/mol. The van der Waals surface area contributed by atoms with Crippen LogP contribution in [0.3, 0.4) is 0 Å². The second kappa shape index (κ2) is 8.25. The zero-order valence-corrected chi connectivity index (χ0v) is 10.5. The largest absolute Gasteiger partial charge is 0.377 e. The summed E-state index contributed by atoms with van der Waals surface area (Å²) in [4.78, 5) is 0. The van der Waals surface area contributed by atoms with Crippen molar-refractivity contribution in [1.82, 2.24) is 5.32 Å². The van der Waals surface area contributed by atoms with Crippen molar-refractivity contribution < 1.29 is 4.74 Å². The van der Waals surface area contributed by atoms with Crippen LogP contribution in [0.5, 0.6) is 0 Å². The van der Waals surface area contributed by atoms with E-state index >= 15 is 0 Å². The standard InChI is InChI=1S/C12H27NO/c1-6-9-13-11(7-2)12(10(4)5)14-8-3/h10-13H,6-9H2,1-5H3. The second-order valence-corrected chi connectivity index (χ2v) is 4.13. The van der Waals surface area contributed by atoms with Crippen molar-refractivity contribution in [3.05, 3.63) is 0 Å². The van der Waals surface area contributed by atoms with Gasteiger partial charge in [-0.1, -0.05) is 27.7 Å². The molecule has 0 aliphatic carbocycles. The number of rotatable bonds is 8. The molecular formula is C12H27NO. The number of hydrogen-bond donors (Lipinski definition) is 1. The van der Waals surface area contributed by atoms with E-state index in [4.69, 9.17) is 4.74 Å². The summed E-state index contributed by atoms with van der Waals surface area (Å²) in [5.74, 6) is 0.587. The molecule has 0 saturated carbocycles. The van der Waals surface area contributed by atoms with Crippen LogP contribution in [0.4, 0.5) is 0 Å². The molecule has 0 fully saturated rings. The monoisotopic (exact) mass is 201 g/mol. The Labute approximate surface area is 89.4 Å². The lowest BCUT2D eigenvalue weighted by Crippen LogP contribution is -2.44. The lowest BCUT2D eigenvalue weighted by molar-refractivity contribution is 0.00267. The molecule has 0 saturated heterocycles. The van der Waals surface area contributed by atoms with Gasteiger partial charge in [0.2, 0.25) is 0 Å².